The molecule has 1 aromatic heterocycles. The molecule has 3 aromatic rings. The summed E-state index contributed by atoms with van der Waals surface area (Å²) < 4.78 is 47.9. The molecule has 0 atom stereocenters. The van der Waals surface area contributed by atoms with E-state index in [4.69, 9.17) is 10.00 Å². The lowest BCUT2D eigenvalue weighted by atomic mass is 10.0. The molecule has 0 bridgehead atoms. The third-order valence-electron chi connectivity index (χ3n) is 4.45. The molecule has 29 heavy (non-hydrogen) atoms. The molecule has 3 rings (SSSR count). The molecule has 0 saturated heterocycles. The molecule has 2 aromatic carbocycles. The molecular weight excluding hydrogens is 383 g/mol. The Morgan fingerprint density at radius 3 is 2.48 bits per heavy atom. The topological polar surface area (TPSA) is 67.0 Å². The van der Waals surface area contributed by atoms with E-state index in [2.05, 4.69) is 5.32 Å². The molecule has 0 aliphatic rings. The van der Waals surface area contributed by atoms with E-state index in [-0.39, 0.29) is 17.9 Å². The van der Waals surface area contributed by atoms with Gasteiger partial charge >= 0.3 is 6.18 Å². The number of fused-ring (bicyclic) bond motifs is 1. The highest BCUT2D eigenvalue weighted by Crippen LogP contribution is 2.38. The summed E-state index contributed by atoms with van der Waals surface area (Å²) in [6.45, 7) is 3.71. The number of carbonyl (C=O) groups excluding carboxylic acids is 1. The molecule has 1 heterocycles. The fraction of sp³-hybridized carbons (Fsp3) is 0.238. The fourth-order valence-corrected chi connectivity index (χ4v) is 3.25. The number of hydrogen-bond acceptors (Lipinski definition) is 3. The lowest BCUT2D eigenvalue weighted by molar-refractivity contribution is -0.136. The quantitative estimate of drug-likeness (QED) is 0.663. The summed E-state index contributed by atoms with van der Waals surface area (Å²) in [5.74, 6) is 0.405. The summed E-state index contributed by atoms with van der Waals surface area (Å²) in [5, 5.41) is 11.7. The molecule has 1 amide bonds. The number of nitrogens with one attached hydrogen (secondary N) is 1. The number of rotatable bonds is 5. The second-order valence-electron chi connectivity index (χ2n) is 6.52. The normalized spacial score (nSPS) is 11.3. The zero-order valence-electron chi connectivity index (χ0n) is 15.8. The standard InChI is InChI=1S/C21H18F3N3O2/c1-13-11-18-19(8-3-15(12-25)20(18)21(22,23)24)27(13)9-10-29-17-6-4-16(5-7-17)26-14(2)28/h3-8,11H,9-10H2,1-2H3,(H,26,28). The summed E-state index contributed by atoms with van der Waals surface area (Å²) >= 11 is 0. The highest BCUT2D eigenvalue weighted by molar-refractivity contribution is 5.88. The Bertz CT molecular complexity index is 1090. The highest BCUT2D eigenvalue weighted by atomic mass is 19.4. The van der Waals surface area contributed by atoms with Gasteiger partial charge in [-0.1, -0.05) is 0 Å². The van der Waals surface area contributed by atoms with Crippen LogP contribution in [0.5, 0.6) is 5.75 Å². The average Bonchev–Trinajstić information content (AvgIpc) is 2.96. The number of halogens is 3. The van der Waals surface area contributed by atoms with Crippen molar-refractivity contribution in [2.24, 2.45) is 0 Å². The molecule has 8 heteroatoms. The monoisotopic (exact) mass is 401 g/mol. The van der Waals surface area contributed by atoms with E-state index in [0.717, 1.165) is 0 Å². The Labute approximate surface area is 165 Å². The Hall–Kier alpha value is -3.47. The van der Waals surface area contributed by atoms with Gasteiger partial charge in [-0.15, -0.1) is 0 Å². The van der Waals surface area contributed by atoms with Crippen molar-refractivity contribution in [2.45, 2.75) is 26.6 Å². The highest BCUT2D eigenvalue weighted by Gasteiger charge is 2.36. The number of alkyl halides is 3. The lowest BCUT2D eigenvalue weighted by Crippen LogP contribution is -2.11. The molecule has 0 radical (unpaired) electrons. The molecule has 150 valence electrons. The van der Waals surface area contributed by atoms with Crippen molar-refractivity contribution in [2.75, 3.05) is 11.9 Å². The van der Waals surface area contributed by atoms with Gasteiger partial charge < -0.3 is 14.6 Å². The van der Waals surface area contributed by atoms with E-state index in [1.807, 2.05) is 0 Å². The van der Waals surface area contributed by atoms with E-state index in [0.29, 0.717) is 29.2 Å². The van der Waals surface area contributed by atoms with Gasteiger partial charge in [0.15, 0.2) is 0 Å². The van der Waals surface area contributed by atoms with E-state index in [1.54, 1.807) is 41.8 Å². The molecule has 0 aliphatic carbocycles. The summed E-state index contributed by atoms with van der Waals surface area (Å²) in [6, 6.07) is 12.6. The maximum atomic E-state index is 13.5. The maximum absolute atomic E-state index is 13.5. The number of aryl methyl sites for hydroxylation is 1. The first kappa shape index (κ1) is 20.3. The second-order valence-corrected chi connectivity index (χ2v) is 6.52. The number of hydrogen-bond donors (Lipinski definition) is 1. The largest absolute Gasteiger partial charge is 0.492 e. The van der Waals surface area contributed by atoms with Crippen LogP contribution in [-0.4, -0.2) is 17.1 Å². The first-order valence-corrected chi connectivity index (χ1v) is 8.81. The molecule has 0 saturated carbocycles. The summed E-state index contributed by atoms with van der Waals surface area (Å²) in [7, 11) is 0. The summed E-state index contributed by atoms with van der Waals surface area (Å²) in [6.07, 6.45) is -4.62. The van der Waals surface area contributed by atoms with E-state index < -0.39 is 17.3 Å². The van der Waals surface area contributed by atoms with Crippen LogP contribution in [0, 0.1) is 18.3 Å². The smallest absolute Gasteiger partial charge is 0.418 e. The van der Waals surface area contributed by atoms with Gasteiger partial charge in [-0.25, -0.2) is 0 Å². The van der Waals surface area contributed by atoms with Crippen molar-refractivity contribution < 1.29 is 22.7 Å². The van der Waals surface area contributed by atoms with Crippen molar-refractivity contribution in [3.8, 4) is 11.8 Å². The van der Waals surface area contributed by atoms with E-state index in [1.165, 1.54) is 25.1 Å². The van der Waals surface area contributed by atoms with Crippen LogP contribution in [0.1, 0.15) is 23.7 Å². The maximum Gasteiger partial charge on any atom is 0.418 e. The molecule has 0 aliphatic heterocycles. The predicted octanol–water partition coefficient (Wildman–Crippen LogP) is 4.88. The predicted molar refractivity (Wildman–Crippen MR) is 103 cm³/mol. The van der Waals surface area contributed by atoms with Crippen molar-refractivity contribution >= 4 is 22.5 Å². The first-order chi connectivity index (χ1) is 13.7. The number of nitrogens with zero attached hydrogens (tertiary/aromatic N) is 2. The Balaban J connectivity index is 1.80. The van der Waals surface area contributed by atoms with Gasteiger partial charge in [0.1, 0.15) is 12.4 Å². The lowest BCUT2D eigenvalue weighted by Gasteiger charge is -2.13. The van der Waals surface area contributed by atoms with Gasteiger partial charge in [-0.05, 0) is 49.4 Å². The SMILES string of the molecule is CC(=O)Nc1ccc(OCCn2c(C)cc3c(C(F)(F)F)c(C#N)ccc32)cc1. The van der Waals surface area contributed by atoms with E-state index in [9.17, 15) is 18.0 Å². The molecule has 0 fully saturated rings. The Morgan fingerprint density at radius 1 is 1.21 bits per heavy atom. The van der Waals surface area contributed by atoms with Crippen LogP contribution in [0.15, 0.2) is 42.5 Å². The number of benzene rings is 2. The number of aromatic nitrogens is 1. The van der Waals surface area contributed by atoms with Crippen molar-refractivity contribution in [3.63, 3.8) is 0 Å². The van der Waals surface area contributed by atoms with Gasteiger partial charge in [0, 0.05) is 29.2 Å². The molecular formula is C21H18F3N3O2. The minimum atomic E-state index is -4.62. The Morgan fingerprint density at radius 2 is 1.90 bits per heavy atom. The average molecular weight is 401 g/mol. The van der Waals surface area contributed by atoms with Crippen molar-refractivity contribution in [1.82, 2.24) is 4.57 Å². The summed E-state index contributed by atoms with van der Waals surface area (Å²) in [5.41, 5.74) is 0.389. The summed E-state index contributed by atoms with van der Waals surface area (Å²) in [4.78, 5) is 11.0. The number of carbonyl (C=O) groups is 1. The third kappa shape index (κ3) is 4.35. The van der Waals surface area contributed by atoms with Gasteiger partial charge in [-0.3, -0.25) is 4.79 Å². The molecule has 5 nitrogen and oxygen atoms in total. The first-order valence-electron chi connectivity index (χ1n) is 8.81. The Kier molecular flexibility index (Phi) is 5.50. The number of ether oxygens (including phenoxy) is 1. The van der Waals surface area contributed by atoms with Crippen LogP contribution in [0.25, 0.3) is 10.9 Å². The van der Waals surface area contributed by atoms with Gasteiger partial charge in [0.25, 0.3) is 0 Å². The van der Waals surface area contributed by atoms with E-state index >= 15 is 0 Å². The molecule has 1 N–H and O–H groups in total. The van der Waals surface area contributed by atoms with Crippen LogP contribution in [0.3, 0.4) is 0 Å². The van der Waals surface area contributed by atoms with Crippen LogP contribution < -0.4 is 10.1 Å². The van der Waals surface area contributed by atoms with Gasteiger partial charge in [-0.2, -0.15) is 18.4 Å². The molecule has 0 unspecified atom stereocenters. The van der Waals surface area contributed by atoms with Crippen molar-refractivity contribution in [3.05, 3.63) is 59.3 Å². The zero-order chi connectivity index (χ0) is 21.2. The van der Waals surface area contributed by atoms with Crippen molar-refractivity contribution in [1.29, 1.82) is 5.26 Å². The fourth-order valence-electron chi connectivity index (χ4n) is 3.25. The molecule has 0 spiro atoms. The third-order valence-corrected chi connectivity index (χ3v) is 4.45. The van der Waals surface area contributed by atoms with Crippen LogP contribution in [-0.2, 0) is 17.5 Å². The minimum absolute atomic E-state index is 0.00806. The van der Waals surface area contributed by atoms with Crippen LogP contribution in [0.4, 0.5) is 18.9 Å². The number of amides is 1. The number of nitriles is 1. The van der Waals surface area contributed by atoms with Gasteiger partial charge in [0.05, 0.1) is 23.7 Å². The van der Waals surface area contributed by atoms with Crippen LogP contribution >= 0.6 is 0 Å². The zero-order valence-corrected chi connectivity index (χ0v) is 15.8. The number of anilines is 1. The second kappa shape index (κ2) is 7.87. The van der Waals surface area contributed by atoms with Gasteiger partial charge in [0.2, 0.25) is 5.91 Å². The van der Waals surface area contributed by atoms with Crippen LogP contribution in [0.2, 0.25) is 0 Å². The minimum Gasteiger partial charge on any atom is -0.492 e.